The molecule has 1 fully saturated rings. The highest BCUT2D eigenvalue weighted by Gasteiger charge is 2.89. The largest absolute Gasteiger partial charge is 0.446 e. The van der Waals surface area contributed by atoms with Gasteiger partial charge in [0.2, 0.25) is 0 Å². The number of carbonyl (C=O) groups excluding carboxylic acids is 1. The van der Waals surface area contributed by atoms with Crippen LogP contribution in [0.2, 0.25) is 0 Å². The molecule has 0 amide bonds. The zero-order valence-electron chi connectivity index (χ0n) is 29.9. The van der Waals surface area contributed by atoms with Gasteiger partial charge in [-0.3, -0.25) is 0 Å². The molecule has 3 heterocycles. The Labute approximate surface area is 295 Å². The maximum absolute atomic E-state index is 14.0. The maximum atomic E-state index is 14.0. The van der Waals surface area contributed by atoms with Gasteiger partial charge in [0, 0.05) is 79.1 Å². The summed E-state index contributed by atoms with van der Waals surface area (Å²) in [5.41, 5.74) is 7.31. The molecule has 50 heavy (non-hydrogen) atoms. The molecule has 252 valence electrons. The van der Waals surface area contributed by atoms with Crippen molar-refractivity contribution in [3.8, 4) is 0 Å². The molecule has 0 N–H and O–H groups in total. The Balaban J connectivity index is 1.38. The van der Waals surface area contributed by atoms with E-state index in [0.29, 0.717) is 11.4 Å². The van der Waals surface area contributed by atoms with Gasteiger partial charge < -0.3 is 24.3 Å². The summed E-state index contributed by atoms with van der Waals surface area (Å²) in [7, 11) is 16.2. The van der Waals surface area contributed by atoms with Gasteiger partial charge in [0.25, 0.3) is 0 Å². The normalized spacial score (nSPS) is 19.1. The Morgan fingerprint density at radius 3 is 1.36 bits per heavy atom. The number of hydrogen-bond acceptors (Lipinski definition) is 8. The number of fused-ring (bicyclic) bond motifs is 2. The fourth-order valence-electron chi connectivity index (χ4n) is 8.35. The summed E-state index contributed by atoms with van der Waals surface area (Å²) in [6, 6.07) is 33.7. The van der Waals surface area contributed by atoms with E-state index in [1.54, 1.807) is 0 Å². The van der Waals surface area contributed by atoms with Crippen LogP contribution in [-0.4, -0.2) is 72.3 Å². The van der Waals surface area contributed by atoms with E-state index in [9.17, 15) is 4.79 Å². The summed E-state index contributed by atoms with van der Waals surface area (Å²) in [6.07, 6.45) is 0. The Kier molecular flexibility index (Phi) is 6.89. The first-order chi connectivity index (χ1) is 23.8. The van der Waals surface area contributed by atoms with Crippen LogP contribution in [0.3, 0.4) is 0 Å². The lowest BCUT2D eigenvalue weighted by Gasteiger charge is -2.33. The molecule has 8 rings (SSSR count). The molecule has 8 nitrogen and oxygen atoms in total. The fraction of sp³-hybridized carbons (Fsp3) is 0.286. The number of carbonyl (C=O) groups is 1. The first-order valence-corrected chi connectivity index (χ1v) is 16.9. The quantitative estimate of drug-likeness (QED) is 0.172. The van der Waals surface area contributed by atoms with Gasteiger partial charge in [0.1, 0.15) is 5.69 Å². The van der Waals surface area contributed by atoms with E-state index in [-0.39, 0.29) is 11.6 Å². The number of nitrogens with zero attached hydrogens (tertiary/aromatic N) is 6. The van der Waals surface area contributed by atoms with Crippen molar-refractivity contribution in [2.75, 3.05) is 76.0 Å². The standard InChI is InChI=1S/C42H42N6O2/c1-40(26-10-18-30(19-11-26)45(2)3,27-12-20-31(21-13-27)46(4)5)37-34-36-41(28-14-22-32(23-15-28)47(6)7,29-16-24-33(25-17-29)48(8)9)42(36)38(43-34)35(44-37)39(49)50-42/h1,10-25,36H,2-9H3. The Morgan fingerprint density at radius 1 is 0.600 bits per heavy atom. The summed E-state index contributed by atoms with van der Waals surface area (Å²) < 4.78 is 6.51. The second-order valence-corrected chi connectivity index (χ2v) is 14.6. The molecule has 1 spiro atoms. The van der Waals surface area contributed by atoms with Crippen molar-refractivity contribution in [1.82, 2.24) is 9.97 Å². The minimum absolute atomic E-state index is 0.243. The molecular weight excluding hydrogens is 621 g/mol. The highest BCUT2D eigenvalue weighted by molar-refractivity contribution is 5.96. The van der Waals surface area contributed by atoms with E-state index in [4.69, 9.17) is 21.6 Å². The minimum Gasteiger partial charge on any atom is -0.446 e. The van der Waals surface area contributed by atoms with E-state index >= 15 is 0 Å². The average molecular weight is 663 g/mol. The van der Waals surface area contributed by atoms with Crippen molar-refractivity contribution >= 4 is 28.7 Å². The van der Waals surface area contributed by atoms with Crippen molar-refractivity contribution in [1.29, 1.82) is 0 Å². The van der Waals surface area contributed by atoms with Crippen LogP contribution in [0.4, 0.5) is 22.7 Å². The van der Waals surface area contributed by atoms with Crippen LogP contribution in [0.25, 0.3) is 0 Å². The Bertz CT molecular complexity index is 2020. The van der Waals surface area contributed by atoms with Crippen molar-refractivity contribution in [3.05, 3.63) is 149 Å². The highest BCUT2D eigenvalue weighted by Crippen LogP contribution is 2.82. The van der Waals surface area contributed by atoms with Crippen LogP contribution in [0, 0.1) is 6.92 Å². The second kappa shape index (κ2) is 10.8. The molecule has 2 aliphatic heterocycles. The molecule has 2 atom stereocenters. The van der Waals surface area contributed by atoms with E-state index in [1.807, 2.05) is 56.4 Å². The van der Waals surface area contributed by atoms with Gasteiger partial charge in [-0.25, -0.2) is 14.8 Å². The topological polar surface area (TPSA) is 65.0 Å². The summed E-state index contributed by atoms with van der Waals surface area (Å²) in [5.74, 6) is -0.789. The van der Waals surface area contributed by atoms with E-state index in [2.05, 4.69) is 117 Å². The van der Waals surface area contributed by atoms with E-state index in [1.165, 1.54) is 0 Å². The van der Waals surface area contributed by atoms with E-state index in [0.717, 1.165) is 50.7 Å². The summed E-state index contributed by atoms with van der Waals surface area (Å²) in [5, 5.41) is 0. The summed E-state index contributed by atoms with van der Waals surface area (Å²) in [4.78, 5) is 32.6. The van der Waals surface area contributed by atoms with Gasteiger partial charge in [-0.1, -0.05) is 48.5 Å². The maximum Gasteiger partial charge on any atom is 0.360 e. The van der Waals surface area contributed by atoms with Gasteiger partial charge in [0.05, 0.1) is 28.1 Å². The van der Waals surface area contributed by atoms with Crippen molar-refractivity contribution < 1.29 is 9.53 Å². The van der Waals surface area contributed by atoms with Gasteiger partial charge >= 0.3 is 5.97 Å². The third-order valence-corrected chi connectivity index (χ3v) is 11.1. The zero-order valence-corrected chi connectivity index (χ0v) is 29.9. The van der Waals surface area contributed by atoms with E-state index < -0.39 is 22.4 Å². The third-order valence-electron chi connectivity index (χ3n) is 11.1. The predicted molar refractivity (Wildman–Crippen MR) is 200 cm³/mol. The number of ether oxygens (including phenoxy) is 1. The molecule has 1 aliphatic carbocycles. The number of aromatic nitrogens is 2. The first kappa shape index (κ1) is 31.9. The Hall–Kier alpha value is -5.37. The first-order valence-electron chi connectivity index (χ1n) is 16.9. The number of rotatable bonds is 9. The van der Waals surface area contributed by atoms with Crippen LogP contribution in [0.15, 0.2) is 97.1 Å². The Morgan fingerprint density at radius 2 is 0.980 bits per heavy atom. The van der Waals surface area contributed by atoms with Crippen LogP contribution >= 0.6 is 0 Å². The average Bonchev–Trinajstić information content (AvgIpc) is 3.47. The number of anilines is 4. The number of hydrogen-bond donors (Lipinski definition) is 0. The number of esters is 1. The molecule has 2 unspecified atom stereocenters. The fourth-order valence-corrected chi connectivity index (χ4v) is 8.35. The molecule has 4 aromatic carbocycles. The molecule has 3 aliphatic rings. The predicted octanol–water partition coefficient (Wildman–Crippen LogP) is 6.25. The summed E-state index contributed by atoms with van der Waals surface area (Å²) in [6.45, 7) is 7.76. The molecule has 8 heteroatoms. The van der Waals surface area contributed by atoms with Crippen molar-refractivity contribution in [2.45, 2.75) is 22.3 Å². The molecule has 2 radical (unpaired) electrons. The lowest BCUT2D eigenvalue weighted by molar-refractivity contribution is 0.0248. The minimum atomic E-state index is -1.23. The third kappa shape index (κ3) is 4.08. The molecule has 0 saturated heterocycles. The molecule has 2 bridgehead atoms. The molecule has 1 aromatic heterocycles. The summed E-state index contributed by atoms with van der Waals surface area (Å²) >= 11 is 0. The molecule has 1 saturated carbocycles. The van der Waals surface area contributed by atoms with Crippen molar-refractivity contribution in [2.24, 2.45) is 0 Å². The lowest BCUT2D eigenvalue weighted by atomic mass is 9.71. The smallest absolute Gasteiger partial charge is 0.360 e. The van der Waals surface area contributed by atoms with Crippen LogP contribution in [0.1, 0.15) is 55.7 Å². The SMILES string of the molecule is [CH]C(c1ccc(N(C)C)cc1)(c1ccc(N(C)C)cc1)c1nc2c3nc1C1C3(OC2=O)C1(c1ccc(N(C)C)cc1)c1ccc(N(C)C)cc1. The van der Waals surface area contributed by atoms with Gasteiger partial charge in [-0.15, -0.1) is 0 Å². The van der Waals surface area contributed by atoms with Gasteiger partial charge in [0.15, 0.2) is 11.3 Å². The van der Waals surface area contributed by atoms with Crippen molar-refractivity contribution in [3.63, 3.8) is 0 Å². The van der Waals surface area contributed by atoms with Crippen LogP contribution in [0.5, 0.6) is 0 Å². The zero-order chi connectivity index (χ0) is 35.3. The molecular formula is C42H42N6O2. The highest BCUT2D eigenvalue weighted by atomic mass is 16.6. The monoisotopic (exact) mass is 662 g/mol. The lowest BCUT2D eigenvalue weighted by Crippen LogP contribution is -2.31. The second-order valence-electron chi connectivity index (χ2n) is 14.6. The van der Waals surface area contributed by atoms with Gasteiger partial charge in [-0.05, 0) is 77.7 Å². The van der Waals surface area contributed by atoms with Crippen LogP contribution in [-0.2, 0) is 21.2 Å². The molecule has 5 aromatic rings. The van der Waals surface area contributed by atoms with Crippen LogP contribution < -0.4 is 19.6 Å². The number of benzene rings is 4. The van der Waals surface area contributed by atoms with Gasteiger partial charge in [-0.2, -0.15) is 0 Å².